The van der Waals surface area contributed by atoms with Crippen molar-refractivity contribution in [2.75, 3.05) is 0 Å². The van der Waals surface area contributed by atoms with Crippen LogP contribution in [0.3, 0.4) is 0 Å². The Balaban J connectivity index is 2.41. The number of imidazole rings is 1. The number of aromatic nitrogens is 2. The first-order chi connectivity index (χ1) is 6.65. The number of nitrogens with one attached hydrogen (secondary N) is 1. The van der Waals surface area contributed by atoms with Gasteiger partial charge in [0.1, 0.15) is 5.82 Å². The quantitative estimate of drug-likeness (QED) is 0.756. The van der Waals surface area contributed by atoms with E-state index >= 15 is 0 Å². The van der Waals surface area contributed by atoms with Gasteiger partial charge in [-0.15, -0.1) is 11.6 Å². The fraction of sp³-hybridized carbons (Fsp3) is 0.364. The Labute approximate surface area is 88.3 Å². The summed E-state index contributed by atoms with van der Waals surface area (Å²) in [5.41, 5.74) is 3.35. The van der Waals surface area contributed by atoms with Gasteiger partial charge in [-0.25, -0.2) is 4.98 Å². The lowest BCUT2D eigenvalue weighted by molar-refractivity contribution is 0.870. The fourth-order valence-electron chi connectivity index (χ4n) is 1.54. The minimum absolute atomic E-state index is 0.122. The molecule has 0 saturated heterocycles. The van der Waals surface area contributed by atoms with Gasteiger partial charge in [-0.05, 0) is 31.5 Å². The monoisotopic (exact) mass is 208 g/mol. The molecule has 1 aromatic carbocycles. The fourth-order valence-corrected chi connectivity index (χ4v) is 1.69. The Hall–Kier alpha value is -1.02. The van der Waals surface area contributed by atoms with Gasteiger partial charge in [0.05, 0.1) is 11.0 Å². The van der Waals surface area contributed by atoms with E-state index in [9.17, 15) is 0 Å². The van der Waals surface area contributed by atoms with Crippen LogP contribution in [-0.4, -0.2) is 15.3 Å². The Kier molecular flexibility index (Phi) is 2.46. The van der Waals surface area contributed by atoms with Gasteiger partial charge >= 0.3 is 0 Å². The van der Waals surface area contributed by atoms with Gasteiger partial charge in [0.2, 0.25) is 0 Å². The largest absolute Gasteiger partial charge is 0.342 e. The summed E-state index contributed by atoms with van der Waals surface area (Å²) in [6.07, 6.45) is 0.787. The molecule has 74 valence electrons. The first kappa shape index (κ1) is 9.53. The van der Waals surface area contributed by atoms with Crippen LogP contribution < -0.4 is 0 Å². The second kappa shape index (κ2) is 3.62. The van der Waals surface area contributed by atoms with E-state index in [2.05, 4.69) is 29.0 Å². The maximum absolute atomic E-state index is 5.91. The number of nitrogens with zero attached hydrogens (tertiary/aromatic N) is 1. The molecule has 1 heterocycles. The normalized spacial score (nSPS) is 13.4. The van der Waals surface area contributed by atoms with Crippen LogP contribution in [0.15, 0.2) is 18.2 Å². The summed E-state index contributed by atoms with van der Waals surface area (Å²) in [4.78, 5) is 7.73. The molecule has 0 spiro atoms. The summed E-state index contributed by atoms with van der Waals surface area (Å²) in [6.45, 7) is 4.05. The maximum Gasteiger partial charge on any atom is 0.108 e. The van der Waals surface area contributed by atoms with E-state index in [4.69, 9.17) is 11.6 Å². The molecule has 0 radical (unpaired) electrons. The van der Waals surface area contributed by atoms with Gasteiger partial charge in [-0.1, -0.05) is 6.07 Å². The molecule has 0 aliphatic rings. The molecule has 2 nitrogen and oxygen atoms in total. The standard InChI is InChI=1S/C11H13ClN2/c1-7-3-4-9-10(5-7)14-11(13-9)6-8(2)12/h3-5,8H,6H2,1-2H3,(H,13,14). The Morgan fingerprint density at radius 3 is 3.00 bits per heavy atom. The molecular weight excluding hydrogens is 196 g/mol. The summed E-state index contributed by atoms with van der Waals surface area (Å²) in [5.74, 6) is 0.966. The molecular formula is C11H13ClN2. The molecule has 0 fully saturated rings. The van der Waals surface area contributed by atoms with Crippen molar-refractivity contribution in [3.05, 3.63) is 29.6 Å². The number of benzene rings is 1. The van der Waals surface area contributed by atoms with Crippen molar-refractivity contribution in [1.82, 2.24) is 9.97 Å². The van der Waals surface area contributed by atoms with Crippen molar-refractivity contribution in [3.63, 3.8) is 0 Å². The lowest BCUT2D eigenvalue weighted by Gasteiger charge is -1.96. The van der Waals surface area contributed by atoms with Crippen molar-refractivity contribution >= 4 is 22.6 Å². The minimum Gasteiger partial charge on any atom is -0.342 e. The molecule has 0 saturated carbocycles. The summed E-state index contributed by atoms with van der Waals surface area (Å²) in [6, 6.07) is 6.20. The third-order valence-corrected chi connectivity index (χ3v) is 2.32. The molecule has 3 heteroatoms. The van der Waals surface area contributed by atoms with Crippen LogP contribution in [-0.2, 0) is 6.42 Å². The van der Waals surface area contributed by atoms with Gasteiger partial charge in [0, 0.05) is 11.8 Å². The number of aromatic amines is 1. The number of hydrogen-bond donors (Lipinski definition) is 1. The minimum atomic E-state index is 0.122. The van der Waals surface area contributed by atoms with E-state index in [1.54, 1.807) is 0 Å². The number of rotatable bonds is 2. The van der Waals surface area contributed by atoms with Gasteiger partial charge in [0.25, 0.3) is 0 Å². The second-order valence-corrected chi connectivity index (χ2v) is 4.43. The third-order valence-electron chi connectivity index (χ3n) is 2.16. The summed E-state index contributed by atoms with van der Waals surface area (Å²) in [7, 11) is 0. The van der Waals surface area contributed by atoms with Crippen LogP contribution in [0.25, 0.3) is 11.0 Å². The molecule has 2 aromatic rings. The zero-order chi connectivity index (χ0) is 10.1. The highest BCUT2D eigenvalue weighted by Gasteiger charge is 2.05. The molecule has 0 amide bonds. The molecule has 1 unspecified atom stereocenters. The average molecular weight is 209 g/mol. The highest BCUT2D eigenvalue weighted by atomic mass is 35.5. The SMILES string of the molecule is Cc1ccc2nc(CC(C)Cl)[nH]c2c1. The van der Waals surface area contributed by atoms with E-state index in [0.29, 0.717) is 0 Å². The number of fused-ring (bicyclic) bond motifs is 1. The van der Waals surface area contributed by atoms with Crippen molar-refractivity contribution < 1.29 is 0 Å². The van der Waals surface area contributed by atoms with Gasteiger partial charge in [-0.3, -0.25) is 0 Å². The number of aryl methyl sites for hydroxylation is 1. The van der Waals surface area contributed by atoms with E-state index < -0.39 is 0 Å². The van der Waals surface area contributed by atoms with Crippen LogP contribution in [0.2, 0.25) is 0 Å². The molecule has 0 bridgehead atoms. The Morgan fingerprint density at radius 2 is 2.29 bits per heavy atom. The van der Waals surface area contributed by atoms with Crippen molar-refractivity contribution in [1.29, 1.82) is 0 Å². The first-order valence-electron chi connectivity index (χ1n) is 4.74. The number of halogens is 1. The zero-order valence-electron chi connectivity index (χ0n) is 8.34. The maximum atomic E-state index is 5.91. The first-order valence-corrected chi connectivity index (χ1v) is 5.18. The molecule has 0 aliphatic carbocycles. The molecule has 1 atom stereocenters. The lowest BCUT2D eigenvalue weighted by Crippen LogP contribution is -1.98. The molecule has 14 heavy (non-hydrogen) atoms. The molecule has 0 aliphatic heterocycles. The lowest BCUT2D eigenvalue weighted by atomic mass is 10.2. The zero-order valence-corrected chi connectivity index (χ0v) is 9.10. The van der Waals surface area contributed by atoms with Crippen LogP contribution in [0.1, 0.15) is 18.3 Å². The summed E-state index contributed by atoms with van der Waals surface area (Å²) >= 11 is 5.91. The smallest absolute Gasteiger partial charge is 0.108 e. The summed E-state index contributed by atoms with van der Waals surface area (Å²) < 4.78 is 0. The van der Waals surface area contributed by atoms with Gasteiger partial charge < -0.3 is 4.98 Å². The summed E-state index contributed by atoms with van der Waals surface area (Å²) in [5, 5.41) is 0.122. The van der Waals surface area contributed by atoms with Crippen LogP contribution in [0, 0.1) is 6.92 Å². The topological polar surface area (TPSA) is 28.7 Å². The predicted molar refractivity (Wildman–Crippen MR) is 59.8 cm³/mol. The van der Waals surface area contributed by atoms with Crippen LogP contribution in [0.4, 0.5) is 0 Å². The Morgan fingerprint density at radius 1 is 1.50 bits per heavy atom. The second-order valence-electron chi connectivity index (χ2n) is 3.69. The van der Waals surface area contributed by atoms with E-state index in [1.165, 1.54) is 5.56 Å². The van der Waals surface area contributed by atoms with Gasteiger partial charge in [-0.2, -0.15) is 0 Å². The van der Waals surface area contributed by atoms with E-state index in [0.717, 1.165) is 23.3 Å². The van der Waals surface area contributed by atoms with Crippen molar-refractivity contribution in [2.45, 2.75) is 25.6 Å². The van der Waals surface area contributed by atoms with Crippen LogP contribution >= 0.6 is 11.6 Å². The molecule has 2 rings (SSSR count). The number of alkyl halides is 1. The average Bonchev–Trinajstić information content (AvgIpc) is 2.44. The van der Waals surface area contributed by atoms with E-state index in [1.807, 2.05) is 13.0 Å². The van der Waals surface area contributed by atoms with Crippen molar-refractivity contribution in [2.24, 2.45) is 0 Å². The molecule has 1 aromatic heterocycles. The number of H-pyrrole nitrogens is 1. The molecule has 1 N–H and O–H groups in total. The highest BCUT2D eigenvalue weighted by Crippen LogP contribution is 2.14. The van der Waals surface area contributed by atoms with Crippen molar-refractivity contribution in [3.8, 4) is 0 Å². The van der Waals surface area contributed by atoms with Crippen LogP contribution in [0.5, 0.6) is 0 Å². The van der Waals surface area contributed by atoms with E-state index in [-0.39, 0.29) is 5.38 Å². The Bertz CT molecular complexity index is 445. The van der Waals surface area contributed by atoms with Gasteiger partial charge in [0.15, 0.2) is 0 Å². The number of hydrogen-bond acceptors (Lipinski definition) is 1. The third kappa shape index (κ3) is 1.90. The predicted octanol–water partition coefficient (Wildman–Crippen LogP) is 3.04. The highest BCUT2D eigenvalue weighted by molar-refractivity contribution is 6.20.